The molecule has 0 saturated heterocycles. The third-order valence-corrected chi connectivity index (χ3v) is 5.20. The van der Waals surface area contributed by atoms with Crippen molar-refractivity contribution >= 4 is 47.2 Å². The number of carbonyl (C=O) groups is 4. The van der Waals surface area contributed by atoms with Crippen LogP contribution in [0.15, 0.2) is 30.3 Å². The van der Waals surface area contributed by atoms with E-state index in [1.807, 2.05) is 24.3 Å². The van der Waals surface area contributed by atoms with E-state index in [2.05, 4.69) is 28.6 Å². The maximum atomic E-state index is 12.7. The van der Waals surface area contributed by atoms with Crippen molar-refractivity contribution in [2.75, 3.05) is 18.8 Å². The average Bonchev–Trinajstić information content (AvgIpc) is 3.09. The summed E-state index contributed by atoms with van der Waals surface area (Å²) >= 11 is 4.15. The molecule has 0 aliphatic carbocycles. The van der Waals surface area contributed by atoms with Gasteiger partial charge in [0.25, 0.3) is 5.91 Å². The first-order valence-electron chi connectivity index (χ1n) is 10.1. The number of nitrogens with two attached hydrogens (primary N) is 1. The van der Waals surface area contributed by atoms with Crippen LogP contribution in [-0.4, -0.2) is 53.1 Å². The van der Waals surface area contributed by atoms with Crippen LogP contribution in [0.3, 0.4) is 0 Å². The van der Waals surface area contributed by atoms with Gasteiger partial charge in [-0.3, -0.25) is 19.2 Å². The summed E-state index contributed by atoms with van der Waals surface area (Å²) in [5, 5.41) is 8.80. The number of rotatable bonds is 12. The zero-order valence-electron chi connectivity index (χ0n) is 17.5. The molecule has 1 aromatic carbocycles. The molecular formula is C21H29N5O4S. The lowest BCUT2D eigenvalue weighted by molar-refractivity contribution is -0.126. The molecule has 1 atom stereocenters. The summed E-state index contributed by atoms with van der Waals surface area (Å²) in [6.07, 6.45) is 2.51. The highest BCUT2D eigenvalue weighted by atomic mass is 32.1. The number of hydrogen-bond donors (Lipinski definition) is 5. The molecule has 1 aromatic heterocycles. The first-order chi connectivity index (χ1) is 14.8. The molecule has 0 aliphatic heterocycles. The third kappa shape index (κ3) is 7.32. The fourth-order valence-corrected chi connectivity index (χ4v) is 3.37. The third-order valence-electron chi connectivity index (χ3n) is 4.83. The average molecular weight is 448 g/mol. The highest BCUT2D eigenvalue weighted by Gasteiger charge is 2.22. The van der Waals surface area contributed by atoms with E-state index < -0.39 is 17.9 Å². The Balaban J connectivity index is 1.78. The lowest BCUT2D eigenvalue weighted by Gasteiger charge is -2.16. The summed E-state index contributed by atoms with van der Waals surface area (Å²) in [7, 11) is 1.78. The maximum Gasteiger partial charge on any atom is 0.268 e. The van der Waals surface area contributed by atoms with Crippen LogP contribution in [0.2, 0.25) is 0 Å². The summed E-state index contributed by atoms with van der Waals surface area (Å²) in [6.45, 7) is 0.246. The number of primary amides is 1. The molecular weight excluding hydrogens is 418 g/mol. The highest BCUT2D eigenvalue weighted by molar-refractivity contribution is 7.80. The minimum absolute atomic E-state index is 0.0863. The summed E-state index contributed by atoms with van der Waals surface area (Å²) < 4.78 is 1.76. The number of nitrogens with one attached hydrogen (secondary N) is 3. The molecule has 0 aliphatic rings. The standard InChI is InChI=1S/C21H29N5O4S/c1-26-16-8-5-4-7-14(16)11-17(26)21(30)25-15(13-31)20(29)24-12-19(28)23-10-6-2-3-9-18(22)27/h4-5,7-8,11,15,31H,2-3,6,9-10,12-13H2,1H3,(H2,22,27)(H,23,28)(H,24,29)(H,25,30)/t15-/m0/s1. The number of fused-ring (bicyclic) bond motifs is 1. The fourth-order valence-electron chi connectivity index (χ4n) is 3.11. The van der Waals surface area contributed by atoms with Gasteiger partial charge in [-0.25, -0.2) is 0 Å². The van der Waals surface area contributed by atoms with Crippen LogP contribution in [0.4, 0.5) is 0 Å². The molecule has 168 valence electrons. The van der Waals surface area contributed by atoms with Crippen molar-refractivity contribution in [2.45, 2.75) is 31.7 Å². The number of benzene rings is 1. The molecule has 0 saturated carbocycles. The number of hydrogen-bond acceptors (Lipinski definition) is 5. The Labute approximate surface area is 186 Å². The van der Waals surface area contributed by atoms with Gasteiger partial charge in [0.05, 0.1) is 6.54 Å². The molecule has 1 heterocycles. The number of carbonyl (C=O) groups excluding carboxylic acids is 4. The summed E-state index contributed by atoms with van der Waals surface area (Å²) in [5.74, 6) is -1.46. The second kappa shape index (κ2) is 12.0. The van der Waals surface area contributed by atoms with Gasteiger partial charge in [-0.2, -0.15) is 12.6 Å². The van der Waals surface area contributed by atoms with Gasteiger partial charge >= 0.3 is 0 Å². The fraction of sp³-hybridized carbons (Fsp3) is 0.429. The van der Waals surface area contributed by atoms with Crippen LogP contribution >= 0.6 is 12.6 Å². The van der Waals surface area contributed by atoms with Gasteiger partial charge in [0.15, 0.2) is 0 Å². The maximum absolute atomic E-state index is 12.7. The summed E-state index contributed by atoms with van der Waals surface area (Å²) in [5.41, 5.74) is 6.40. The molecule has 9 nitrogen and oxygen atoms in total. The van der Waals surface area contributed by atoms with Crippen LogP contribution < -0.4 is 21.7 Å². The summed E-state index contributed by atoms with van der Waals surface area (Å²) in [4.78, 5) is 47.6. The Morgan fingerprint density at radius 3 is 2.52 bits per heavy atom. The van der Waals surface area contributed by atoms with Crippen LogP contribution in [0.5, 0.6) is 0 Å². The van der Waals surface area contributed by atoms with Crippen LogP contribution in [0.1, 0.15) is 36.2 Å². The smallest absolute Gasteiger partial charge is 0.268 e. The molecule has 0 radical (unpaired) electrons. The van der Waals surface area contributed by atoms with Gasteiger partial charge in [0, 0.05) is 36.7 Å². The van der Waals surface area contributed by atoms with E-state index in [4.69, 9.17) is 5.73 Å². The summed E-state index contributed by atoms with van der Waals surface area (Å²) in [6, 6.07) is 8.47. The number of amides is 4. The van der Waals surface area contributed by atoms with E-state index >= 15 is 0 Å². The molecule has 0 fully saturated rings. The zero-order valence-corrected chi connectivity index (χ0v) is 18.4. The number of unbranched alkanes of at least 4 members (excludes halogenated alkanes) is 2. The normalized spacial score (nSPS) is 11.7. The van der Waals surface area contributed by atoms with Crippen molar-refractivity contribution in [3.05, 3.63) is 36.0 Å². The lowest BCUT2D eigenvalue weighted by atomic mass is 10.2. The second-order valence-electron chi connectivity index (χ2n) is 7.20. The topological polar surface area (TPSA) is 135 Å². The van der Waals surface area contributed by atoms with Gasteiger partial charge in [-0.05, 0) is 25.0 Å². The molecule has 4 amide bonds. The van der Waals surface area contributed by atoms with Crippen molar-refractivity contribution in [2.24, 2.45) is 12.8 Å². The Morgan fingerprint density at radius 1 is 1.10 bits per heavy atom. The predicted molar refractivity (Wildman–Crippen MR) is 122 cm³/mol. The SMILES string of the molecule is Cn1c(C(=O)N[C@@H](CS)C(=O)NCC(=O)NCCCCCC(N)=O)cc2ccccc21. The van der Waals surface area contributed by atoms with Crippen molar-refractivity contribution in [3.63, 3.8) is 0 Å². The molecule has 0 unspecified atom stereocenters. The van der Waals surface area contributed by atoms with E-state index in [-0.39, 0.29) is 24.1 Å². The first-order valence-corrected chi connectivity index (χ1v) is 10.8. The van der Waals surface area contributed by atoms with Gasteiger partial charge in [-0.15, -0.1) is 0 Å². The molecule has 10 heteroatoms. The van der Waals surface area contributed by atoms with Crippen molar-refractivity contribution < 1.29 is 19.2 Å². The molecule has 0 bridgehead atoms. The van der Waals surface area contributed by atoms with E-state index in [1.165, 1.54) is 0 Å². The number of para-hydroxylation sites is 1. The number of aryl methyl sites for hydroxylation is 1. The monoisotopic (exact) mass is 447 g/mol. The molecule has 31 heavy (non-hydrogen) atoms. The number of thiol groups is 1. The van der Waals surface area contributed by atoms with Gasteiger partial charge < -0.3 is 26.3 Å². The Bertz CT molecular complexity index is 943. The number of nitrogens with zero attached hydrogens (tertiary/aromatic N) is 1. The Morgan fingerprint density at radius 2 is 1.84 bits per heavy atom. The Hall–Kier alpha value is -3.01. The molecule has 5 N–H and O–H groups in total. The molecule has 0 spiro atoms. The largest absolute Gasteiger partial charge is 0.370 e. The number of aromatic nitrogens is 1. The lowest BCUT2D eigenvalue weighted by Crippen LogP contribution is -2.50. The van der Waals surface area contributed by atoms with Crippen LogP contribution in [0.25, 0.3) is 10.9 Å². The van der Waals surface area contributed by atoms with Gasteiger partial charge in [-0.1, -0.05) is 24.6 Å². The highest BCUT2D eigenvalue weighted by Crippen LogP contribution is 2.18. The quantitative estimate of drug-likeness (QED) is 0.239. The minimum atomic E-state index is -0.879. The van der Waals surface area contributed by atoms with Gasteiger partial charge in [0.2, 0.25) is 17.7 Å². The molecule has 2 rings (SSSR count). The van der Waals surface area contributed by atoms with Crippen molar-refractivity contribution in [3.8, 4) is 0 Å². The van der Waals surface area contributed by atoms with Crippen LogP contribution in [0, 0.1) is 0 Å². The first kappa shape index (κ1) is 24.3. The van der Waals surface area contributed by atoms with E-state index in [0.29, 0.717) is 31.5 Å². The van der Waals surface area contributed by atoms with Gasteiger partial charge in [0.1, 0.15) is 11.7 Å². The second-order valence-corrected chi connectivity index (χ2v) is 7.57. The predicted octanol–water partition coefficient (Wildman–Crippen LogP) is 0.485. The van der Waals surface area contributed by atoms with Crippen LogP contribution in [-0.2, 0) is 21.4 Å². The van der Waals surface area contributed by atoms with E-state index in [1.54, 1.807) is 17.7 Å². The Kier molecular flexibility index (Phi) is 9.39. The van der Waals surface area contributed by atoms with E-state index in [0.717, 1.165) is 17.3 Å². The minimum Gasteiger partial charge on any atom is -0.370 e. The zero-order chi connectivity index (χ0) is 22.8. The van der Waals surface area contributed by atoms with Crippen molar-refractivity contribution in [1.29, 1.82) is 0 Å². The van der Waals surface area contributed by atoms with Crippen molar-refractivity contribution in [1.82, 2.24) is 20.5 Å². The molecule has 2 aromatic rings. The van der Waals surface area contributed by atoms with E-state index in [9.17, 15) is 19.2 Å².